The molecule has 4 amide bonds. The lowest BCUT2D eigenvalue weighted by Crippen LogP contribution is -2.54. The third-order valence-corrected chi connectivity index (χ3v) is 5.80. The van der Waals surface area contributed by atoms with Crippen LogP contribution in [-0.2, 0) is 16.2 Å². The number of rotatable bonds is 5. The summed E-state index contributed by atoms with van der Waals surface area (Å²) in [7, 11) is 0. The Labute approximate surface area is 205 Å². The maximum absolute atomic E-state index is 14.3. The van der Waals surface area contributed by atoms with Gasteiger partial charge in [-0.2, -0.15) is 0 Å². The summed E-state index contributed by atoms with van der Waals surface area (Å²) in [4.78, 5) is 38.5. The number of benzene rings is 3. The smallest absolute Gasteiger partial charge is 0.336 e. The standard InChI is InChI=1S/C24H15Br2FN2O4/c25-16-7-5-14(6-8-16)13-33-21-10-9-17(26)11-15(21)12-18-22(30)28-24(32)29(23(18)31)20-4-2-1-3-19(20)27/h1-12H,13H2,(H,28,30,32)/b18-12-. The molecule has 1 fully saturated rings. The van der Waals surface area contributed by atoms with E-state index in [2.05, 4.69) is 37.2 Å². The molecule has 6 nitrogen and oxygen atoms in total. The Kier molecular flexibility index (Phi) is 6.71. The molecule has 1 saturated heterocycles. The van der Waals surface area contributed by atoms with Crippen molar-refractivity contribution in [2.24, 2.45) is 0 Å². The molecule has 3 aromatic rings. The van der Waals surface area contributed by atoms with Crippen LogP contribution in [0, 0.1) is 5.82 Å². The van der Waals surface area contributed by atoms with Crippen molar-refractivity contribution in [1.29, 1.82) is 0 Å². The Hall–Kier alpha value is -3.30. The van der Waals surface area contributed by atoms with Crippen molar-refractivity contribution in [1.82, 2.24) is 5.32 Å². The molecule has 1 aliphatic rings. The molecule has 0 saturated carbocycles. The van der Waals surface area contributed by atoms with Gasteiger partial charge in [0.05, 0.1) is 5.69 Å². The predicted octanol–water partition coefficient (Wildman–Crippen LogP) is 5.60. The van der Waals surface area contributed by atoms with Crippen molar-refractivity contribution in [3.05, 3.63) is 98.2 Å². The molecule has 3 aromatic carbocycles. The van der Waals surface area contributed by atoms with Gasteiger partial charge in [0.15, 0.2) is 0 Å². The minimum Gasteiger partial charge on any atom is -0.488 e. The summed E-state index contributed by atoms with van der Waals surface area (Å²) in [6.45, 7) is 0.255. The highest BCUT2D eigenvalue weighted by Gasteiger charge is 2.38. The Balaban J connectivity index is 1.68. The van der Waals surface area contributed by atoms with Crippen molar-refractivity contribution in [3.8, 4) is 5.75 Å². The van der Waals surface area contributed by atoms with Crippen LogP contribution in [0.5, 0.6) is 5.75 Å². The van der Waals surface area contributed by atoms with Gasteiger partial charge in [-0.15, -0.1) is 0 Å². The summed E-state index contributed by atoms with van der Waals surface area (Å²) in [5.41, 5.74) is 0.772. The molecule has 9 heteroatoms. The lowest BCUT2D eigenvalue weighted by Gasteiger charge is -2.26. The van der Waals surface area contributed by atoms with Crippen LogP contribution in [0.15, 0.2) is 81.2 Å². The van der Waals surface area contributed by atoms with Gasteiger partial charge in [-0.3, -0.25) is 14.9 Å². The Morgan fingerprint density at radius 3 is 2.36 bits per heavy atom. The Morgan fingerprint density at radius 1 is 0.939 bits per heavy atom. The van der Waals surface area contributed by atoms with Crippen LogP contribution in [0.3, 0.4) is 0 Å². The first-order valence-corrected chi connectivity index (χ1v) is 11.2. The quantitative estimate of drug-likeness (QED) is 0.319. The average molecular weight is 574 g/mol. The second kappa shape index (κ2) is 9.68. The van der Waals surface area contributed by atoms with Crippen LogP contribution in [0.1, 0.15) is 11.1 Å². The minimum absolute atomic E-state index is 0.251. The van der Waals surface area contributed by atoms with E-state index in [-0.39, 0.29) is 17.9 Å². The normalized spacial score (nSPS) is 15.1. The number of hydrogen-bond acceptors (Lipinski definition) is 4. The molecule has 0 atom stereocenters. The maximum atomic E-state index is 14.3. The summed E-state index contributed by atoms with van der Waals surface area (Å²) >= 11 is 6.76. The first-order valence-electron chi connectivity index (χ1n) is 9.66. The molecule has 4 rings (SSSR count). The van der Waals surface area contributed by atoms with Crippen LogP contribution in [0.2, 0.25) is 0 Å². The van der Waals surface area contributed by atoms with Gasteiger partial charge in [0, 0.05) is 14.5 Å². The number of hydrogen-bond donors (Lipinski definition) is 1. The SMILES string of the molecule is O=C1NC(=O)N(c2ccccc2F)C(=O)/C1=C\c1cc(Br)ccc1OCc1ccc(Br)cc1. The van der Waals surface area contributed by atoms with Gasteiger partial charge in [0.2, 0.25) is 0 Å². The zero-order valence-electron chi connectivity index (χ0n) is 16.8. The molecule has 33 heavy (non-hydrogen) atoms. The summed E-state index contributed by atoms with van der Waals surface area (Å²) < 4.78 is 21.8. The number of ether oxygens (including phenoxy) is 1. The molecule has 0 aliphatic carbocycles. The Bertz CT molecular complexity index is 1290. The van der Waals surface area contributed by atoms with Crippen LogP contribution in [0.4, 0.5) is 14.9 Å². The largest absolute Gasteiger partial charge is 0.488 e. The molecule has 1 heterocycles. The number of para-hydroxylation sites is 1. The molecule has 0 spiro atoms. The fourth-order valence-corrected chi connectivity index (χ4v) is 3.81. The number of barbiturate groups is 1. The van der Waals surface area contributed by atoms with E-state index in [1.54, 1.807) is 18.2 Å². The summed E-state index contributed by atoms with van der Waals surface area (Å²) in [5, 5.41) is 2.09. The molecule has 0 bridgehead atoms. The molecular weight excluding hydrogens is 559 g/mol. The number of urea groups is 1. The van der Waals surface area contributed by atoms with Gasteiger partial charge in [-0.05, 0) is 54.1 Å². The number of imide groups is 2. The van der Waals surface area contributed by atoms with Crippen molar-refractivity contribution in [2.75, 3.05) is 4.90 Å². The molecular formula is C24H15Br2FN2O4. The van der Waals surface area contributed by atoms with Crippen molar-refractivity contribution >= 4 is 61.5 Å². The van der Waals surface area contributed by atoms with Crippen molar-refractivity contribution in [3.63, 3.8) is 0 Å². The number of anilines is 1. The zero-order valence-corrected chi connectivity index (χ0v) is 20.0. The lowest BCUT2D eigenvalue weighted by atomic mass is 10.1. The van der Waals surface area contributed by atoms with E-state index in [1.807, 2.05) is 24.3 Å². The topological polar surface area (TPSA) is 75.7 Å². The highest BCUT2D eigenvalue weighted by atomic mass is 79.9. The van der Waals surface area contributed by atoms with Crippen LogP contribution in [-0.4, -0.2) is 17.8 Å². The number of carbonyl (C=O) groups excluding carboxylic acids is 3. The summed E-state index contributed by atoms with van der Waals surface area (Å²) in [5.74, 6) is -2.16. The highest BCUT2D eigenvalue weighted by molar-refractivity contribution is 9.10. The lowest BCUT2D eigenvalue weighted by molar-refractivity contribution is -0.122. The average Bonchev–Trinajstić information content (AvgIpc) is 2.78. The fourth-order valence-electron chi connectivity index (χ4n) is 3.17. The predicted molar refractivity (Wildman–Crippen MR) is 128 cm³/mol. The minimum atomic E-state index is -1.02. The molecule has 166 valence electrons. The van der Waals surface area contributed by atoms with E-state index in [9.17, 15) is 18.8 Å². The fraction of sp³-hybridized carbons (Fsp3) is 0.0417. The molecule has 0 unspecified atom stereocenters. The van der Waals surface area contributed by atoms with Gasteiger partial charge in [0.1, 0.15) is 23.7 Å². The van der Waals surface area contributed by atoms with E-state index in [0.717, 1.165) is 16.1 Å². The second-order valence-corrected chi connectivity index (χ2v) is 8.84. The van der Waals surface area contributed by atoms with E-state index in [0.29, 0.717) is 20.7 Å². The first-order chi connectivity index (χ1) is 15.8. The summed E-state index contributed by atoms with van der Waals surface area (Å²) in [6, 6.07) is 17.0. The number of amides is 4. The number of halogens is 3. The van der Waals surface area contributed by atoms with Crippen LogP contribution >= 0.6 is 31.9 Å². The van der Waals surface area contributed by atoms with Gasteiger partial charge < -0.3 is 4.74 Å². The first kappa shape index (κ1) is 22.9. The van der Waals surface area contributed by atoms with Crippen molar-refractivity contribution < 1.29 is 23.5 Å². The van der Waals surface area contributed by atoms with Gasteiger partial charge >= 0.3 is 6.03 Å². The third-order valence-electron chi connectivity index (χ3n) is 4.77. The molecule has 1 N–H and O–H groups in total. The molecule has 0 radical (unpaired) electrons. The number of nitrogens with one attached hydrogen (secondary N) is 1. The van der Waals surface area contributed by atoms with E-state index >= 15 is 0 Å². The maximum Gasteiger partial charge on any atom is 0.336 e. The molecule has 1 aliphatic heterocycles. The number of nitrogens with zero attached hydrogens (tertiary/aromatic N) is 1. The monoisotopic (exact) mass is 572 g/mol. The Morgan fingerprint density at radius 2 is 1.64 bits per heavy atom. The van der Waals surface area contributed by atoms with E-state index in [4.69, 9.17) is 4.74 Å². The molecule has 0 aromatic heterocycles. The number of carbonyl (C=O) groups is 3. The third kappa shape index (κ3) is 5.04. The van der Waals surface area contributed by atoms with Crippen LogP contribution < -0.4 is 15.0 Å². The van der Waals surface area contributed by atoms with Gasteiger partial charge in [-0.25, -0.2) is 14.1 Å². The highest BCUT2D eigenvalue weighted by Crippen LogP contribution is 2.29. The van der Waals surface area contributed by atoms with E-state index < -0.39 is 23.7 Å². The van der Waals surface area contributed by atoms with Crippen molar-refractivity contribution in [2.45, 2.75) is 6.61 Å². The second-order valence-electron chi connectivity index (χ2n) is 7.01. The van der Waals surface area contributed by atoms with Gasteiger partial charge in [-0.1, -0.05) is 56.1 Å². The summed E-state index contributed by atoms with van der Waals surface area (Å²) in [6.07, 6.45) is 1.32. The zero-order chi connectivity index (χ0) is 23.5. The van der Waals surface area contributed by atoms with E-state index in [1.165, 1.54) is 24.3 Å². The van der Waals surface area contributed by atoms with Gasteiger partial charge in [0.25, 0.3) is 11.8 Å². The van der Waals surface area contributed by atoms with Crippen LogP contribution in [0.25, 0.3) is 6.08 Å².